The molecular weight excluding hydrogens is 244 g/mol. The molecule has 1 heterocycles. The number of hydrogen-bond donors (Lipinski definition) is 1. The van der Waals surface area contributed by atoms with Crippen LogP contribution in [0.3, 0.4) is 0 Å². The van der Waals surface area contributed by atoms with Crippen molar-refractivity contribution in [3.8, 4) is 0 Å². The first-order valence-corrected chi connectivity index (χ1v) is 6.68. The Bertz CT molecular complexity index is 520. The Kier molecular flexibility index (Phi) is 2.37. The van der Waals surface area contributed by atoms with Crippen molar-refractivity contribution in [1.82, 2.24) is 0 Å². The van der Waals surface area contributed by atoms with Crippen molar-refractivity contribution in [2.24, 2.45) is 17.3 Å². The number of fused-ring (bicyclic) bond motifs is 3. The predicted octanol–water partition coefficient (Wildman–Crippen LogP) is 1.39. The molecule has 102 valence electrons. The molecule has 0 unspecified atom stereocenters. The zero-order valence-corrected chi connectivity index (χ0v) is 11.2. The monoisotopic (exact) mass is 262 g/mol. The number of carbonyl (C=O) groups excluding carboxylic acids is 2. The van der Waals surface area contributed by atoms with Gasteiger partial charge in [0.25, 0.3) is 0 Å². The molecule has 2 fully saturated rings. The Balaban J connectivity index is 2.16. The summed E-state index contributed by atoms with van der Waals surface area (Å²) in [6, 6.07) is 0. The van der Waals surface area contributed by atoms with Crippen LogP contribution in [0.2, 0.25) is 0 Å². The van der Waals surface area contributed by atoms with Gasteiger partial charge in [0.1, 0.15) is 17.1 Å². The molecule has 0 aromatic carbocycles. The number of ether oxygens (including phenoxy) is 1. The number of aliphatic hydroxyl groups is 1. The van der Waals surface area contributed by atoms with E-state index >= 15 is 0 Å². The van der Waals surface area contributed by atoms with Gasteiger partial charge in [-0.3, -0.25) is 4.79 Å². The molecule has 0 bridgehead atoms. The van der Waals surface area contributed by atoms with Crippen LogP contribution in [-0.4, -0.2) is 28.6 Å². The first kappa shape index (κ1) is 12.6. The summed E-state index contributed by atoms with van der Waals surface area (Å²) in [4.78, 5) is 24.1. The highest BCUT2D eigenvalue weighted by Crippen LogP contribution is 2.56. The van der Waals surface area contributed by atoms with Crippen LogP contribution in [0.4, 0.5) is 0 Å². The molecule has 5 atom stereocenters. The third-order valence-corrected chi connectivity index (χ3v) is 5.37. The molecule has 1 saturated heterocycles. The van der Waals surface area contributed by atoms with E-state index in [0.717, 1.165) is 12.8 Å². The zero-order chi connectivity index (χ0) is 14.0. The Morgan fingerprint density at radius 3 is 2.79 bits per heavy atom. The lowest BCUT2D eigenvalue weighted by molar-refractivity contribution is -0.165. The molecule has 1 aliphatic heterocycles. The van der Waals surface area contributed by atoms with Crippen molar-refractivity contribution < 1.29 is 19.4 Å². The van der Waals surface area contributed by atoms with E-state index in [1.807, 2.05) is 6.92 Å². The molecule has 1 N–H and O–H groups in total. The van der Waals surface area contributed by atoms with Crippen LogP contribution in [0.5, 0.6) is 0 Å². The lowest BCUT2D eigenvalue weighted by atomic mass is 9.65. The standard InChI is InChI=1S/C15H18O4/c1-8-4-5-10-9(2)13(17)19-12(10)14(3)11(16)6-7-15(8,14)18/h6-8,10,12,18H,2,4-5H2,1,3H3/t8-,10+,12-,14-,15+/m0/s1. The summed E-state index contributed by atoms with van der Waals surface area (Å²) in [6.07, 6.45) is 3.85. The summed E-state index contributed by atoms with van der Waals surface area (Å²) in [7, 11) is 0. The number of ketones is 1. The second kappa shape index (κ2) is 3.57. The van der Waals surface area contributed by atoms with E-state index < -0.39 is 23.1 Å². The van der Waals surface area contributed by atoms with Gasteiger partial charge in [0.2, 0.25) is 0 Å². The fourth-order valence-corrected chi connectivity index (χ4v) is 3.89. The smallest absolute Gasteiger partial charge is 0.334 e. The molecular formula is C15H18O4. The largest absolute Gasteiger partial charge is 0.457 e. The van der Waals surface area contributed by atoms with E-state index in [0.29, 0.717) is 5.57 Å². The molecule has 0 aromatic heterocycles. The molecule has 0 radical (unpaired) electrons. The second-order valence-corrected chi connectivity index (χ2v) is 6.16. The molecule has 4 heteroatoms. The summed E-state index contributed by atoms with van der Waals surface area (Å²) in [6.45, 7) is 7.44. The van der Waals surface area contributed by atoms with Crippen LogP contribution in [0, 0.1) is 17.3 Å². The van der Waals surface area contributed by atoms with E-state index in [4.69, 9.17) is 4.74 Å². The van der Waals surface area contributed by atoms with E-state index in [1.54, 1.807) is 13.0 Å². The molecule has 1 saturated carbocycles. The SMILES string of the molecule is C=C1C(=O)O[C@H]2[C@@H]1CC[C@H](C)[C@]1(O)C=CC(=O)[C@@]21C. The Hall–Kier alpha value is -1.42. The summed E-state index contributed by atoms with van der Waals surface area (Å²) < 4.78 is 5.40. The fourth-order valence-electron chi connectivity index (χ4n) is 3.89. The Morgan fingerprint density at radius 1 is 1.42 bits per heavy atom. The Morgan fingerprint density at radius 2 is 2.11 bits per heavy atom. The van der Waals surface area contributed by atoms with Crippen LogP contribution >= 0.6 is 0 Å². The zero-order valence-electron chi connectivity index (χ0n) is 11.2. The quantitative estimate of drug-likeness (QED) is 0.529. The minimum absolute atomic E-state index is 0.0581. The van der Waals surface area contributed by atoms with Crippen molar-refractivity contribution >= 4 is 11.8 Å². The second-order valence-electron chi connectivity index (χ2n) is 6.16. The average Bonchev–Trinajstić information content (AvgIpc) is 2.76. The first-order valence-electron chi connectivity index (χ1n) is 6.68. The minimum atomic E-state index is -1.24. The van der Waals surface area contributed by atoms with Crippen LogP contribution in [0.1, 0.15) is 26.7 Å². The maximum absolute atomic E-state index is 12.3. The summed E-state index contributed by atoms with van der Waals surface area (Å²) in [5.74, 6) is -0.829. The van der Waals surface area contributed by atoms with Crippen LogP contribution in [0.25, 0.3) is 0 Å². The van der Waals surface area contributed by atoms with E-state index in [-0.39, 0.29) is 17.6 Å². The van der Waals surface area contributed by atoms with Crippen LogP contribution in [0.15, 0.2) is 24.3 Å². The number of rotatable bonds is 0. The molecule has 19 heavy (non-hydrogen) atoms. The van der Waals surface area contributed by atoms with E-state index in [9.17, 15) is 14.7 Å². The van der Waals surface area contributed by atoms with Crippen molar-refractivity contribution in [3.05, 3.63) is 24.3 Å². The molecule has 0 amide bonds. The normalized spacial score (nSPS) is 48.8. The van der Waals surface area contributed by atoms with Gasteiger partial charge in [0.15, 0.2) is 5.78 Å². The first-order chi connectivity index (χ1) is 8.82. The summed E-state index contributed by atoms with van der Waals surface area (Å²) >= 11 is 0. The molecule has 3 rings (SSSR count). The van der Waals surface area contributed by atoms with Gasteiger partial charge < -0.3 is 9.84 Å². The topological polar surface area (TPSA) is 63.6 Å². The predicted molar refractivity (Wildman–Crippen MR) is 68.1 cm³/mol. The number of esters is 1. The molecule has 0 aromatic rings. The Labute approximate surface area is 112 Å². The highest BCUT2D eigenvalue weighted by atomic mass is 16.6. The van der Waals surface area contributed by atoms with Crippen LogP contribution < -0.4 is 0 Å². The van der Waals surface area contributed by atoms with E-state index in [1.165, 1.54) is 6.08 Å². The number of allylic oxidation sites excluding steroid dienone is 1. The van der Waals surface area contributed by atoms with Gasteiger partial charge in [-0.1, -0.05) is 13.5 Å². The average molecular weight is 262 g/mol. The molecule has 0 spiro atoms. The third kappa shape index (κ3) is 1.27. The summed E-state index contributed by atoms with van der Waals surface area (Å²) in [5.41, 5.74) is -1.90. The van der Waals surface area contributed by atoms with Gasteiger partial charge >= 0.3 is 5.97 Å². The number of hydrogen-bond acceptors (Lipinski definition) is 4. The van der Waals surface area contributed by atoms with Crippen LogP contribution in [-0.2, 0) is 14.3 Å². The van der Waals surface area contributed by atoms with Gasteiger partial charge in [-0.05, 0) is 37.8 Å². The molecule has 4 nitrogen and oxygen atoms in total. The van der Waals surface area contributed by atoms with Gasteiger partial charge in [0.05, 0.1) is 0 Å². The maximum Gasteiger partial charge on any atom is 0.334 e. The van der Waals surface area contributed by atoms with Gasteiger partial charge in [-0.2, -0.15) is 0 Å². The highest BCUT2D eigenvalue weighted by Gasteiger charge is 2.66. The van der Waals surface area contributed by atoms with Crippen molar-refractivity contribution in [2.45, 2.75) is 38.4 Å². The van der Waals surface area contributed by atoms with Crippen molar-refractivity contribution in [2.75, 3.05) is 0 Å². The van der Waals surface area contributed by atoms with Gasteiger partial charge in [-0.15, -0.1) is 0 Å². The molecule has 2 aliphatic carbocycles. The van der Waals surface area contributed by atoms with Crippen molar-refractivity contribution in [1.29, 1.82) is 0 Å². The van der Waals surface area contributed by atoms with Gasteiger partial charge in [-0.25, -0.2) is 4.79 Å². The fraction of sp³-hybridized carbons (Fsp3) is 0.600. The molecule has 3 aliphatic rings. The lowest BCUT2D eigenvalue weighted by Gasteiger charge is -2.43. The minimum Gasteiger partial charge on any atom is -0.457 e. The lowest BCUT2D eigenvalue weighted by Crippen LogP contribution is -2.56. The van der Waals surface area contributed by atoms with Gasteiger partial charge in [0, 0.05) is 11.5 Å². The van der Waals surface area contributed by atoms with E-state index in [2.05, 4.69) is 6.58 Å². The third-order valence-electron chi connectivity index (χ3n) is 5.37. The highest BCUT2D eigenvalue weighted by molar-refractivity contribution is 6.01. The maximum atomic E-state index is 12.3. The van der Waals surface area contributed by atoms with Crippen molar-refractivity contribution in [3.63, 3.8) is 0 Å². The number of carbonyl (C=O) groups is 2. The summed E-state index contributed by atoms with van der Waals surface area (Å²) in [5, 5.41) is 11.0.